The van der Waals surface area contributed by atoms with Crippen molar-refractivity contribution in [2.24, 2.45) is 16.3 Å². The number of aliphatic imine (C=N–C) groups is 1. The first kappa shape index (κ1) is 22.5. The summed E-state index contributed by atoms with van der Waals surface area (Å²) in [6.45, 7) is 8.84. The molecular weight excluding hydrogens is 442 g/mol. The van der Waals surface area contributed by atoms with Crippen molar-refractivity contribution < 1.29 is 9.59 Å². The first-order valence-corrected chi connectivity index (χ1v) is 12.5. The number of fused-ring (bicyclic) bond motifs is 2. The number of nitrogens with zero attached hydrogens (tertiary/aromatic N) is 1. The van der Waals surface area contributed by atoms with E-state index in [4.69, 9.17) is 4.99 Å². The lowest BCUT2D eigenvalue weighted by atomic mass is 9.72. The molecule has 0 unspecified atom stereocenters. The van der Waals surface area contributed by atoms with Crippen LogP contribution in [0, 0.1) is 18.3 Å². The zero-order valence-corrected chi connectivity index (χ0v) is 20.8. The molecular formula is C28H29N3O2S. The number of hydrogen-bond donors (Lipinski definition) is 2. The van der Waals surface area contributed by atoms with Crippen LogP contribution in [0.4, 0.5) is 16.4 Å². The van der Waals surface area contributed by atoms with Crippen LogP contribution in [-0.4, -0.2) is 17.5 Å². The molecule has 2 heterocycles. The van der Waals surface area contributed by atoms with E-state index < -0.39 is 0 Å². The topological polar surface area (TPSA) is 70.6 Å². The minimum atomic E-state index is -0.228. The highest BCUT2D eigenvalue weighted by Crippen LogP contribution is 2.46. The fraction of sp³-hybridized carbons (Fsp3) is 0.321. The van der Waals surface area contributed by atoms with Crippen LogP contribution in [-0.2, 0) is 17.6 Å². The third-order valence-corrected chi connectivity index (χ3v) is 7.99. The van der Waals surface area contributed by atoms with E-state index in [2.05, 4.69) is 31.4 Å². The lowest BCUT2D eigenvalue weighted by Gasteiger charge is -2.33. The van der Waals surface area contributed by atoms with Crippen molar-refractivity contribution >= 4 is 45.2 Å². The third-order valence-electron chi connectivity index (χ3n) is 6.84. The van der Waals surface area contributed by atoms with Crippen molar-refractivity contribution in [2.75, 3.05) is 10.6 Å². The Morgan fingerprint density at radius 1 is 1.15 bits per heavy atom. The average molecular weight is 472 g/mol. The second-order valence-corrected chi connectivity index (χ2v) is 11.4. The van der Waals surface area contributed by atoms with Crippen molar-refractivity contribution in [1.29, 1.82) is 0 Å². The van der Waals surface area contributed by atoms with E-state index in [0.29, 0.717) is 22.2 Å². The van der Waals surface area contributed by atoms with Crippen LogP contribution in [0.5, 0.6) is 0 Å². The molecule has 0 spiro atoms. The molecule has 0 saturated carbocycles. The van der Waals surface area contributed by atoms with Gasteiger partial charge < -0.3 is 10.6 Å². The van der Waals surface area contributed by atoms with Gasteiger partial charge in [0.1, 0.15) is 10.7 Å². The molecule has 5 rings (SSSR count). The molecule has 2 N–H and O–H groups in total. The highest BCUT2D eigenvalue weighted by Gasteiger charge is 2.35. The summed E-state index contributed by atoms with van der Waals surface area (Å²) >= 11 is 1.56. The Kier molecular flexibility index (Phi) is 5.64. The quantitative estimate of drug-likeness (QED) is 0.456. The predicted molar refractivity (Wildman–Crippen MR) is 140 cm³/mol. The van der Waals surface area contributed by atoms with E-state index in [1.54, 1.807) is 11.3 Å². The zero-order chi connectivity index (χ0) is 24.0. The van der Waals surface area contributed by atoms with E-state index in [-0.39, 0.29) is 17.2 Å². The summed E-state index contributed by atoms with van der Waals surface area (Å²) in [6, 6.07) is 15.3. The van der Waals surface area contributed by atoms with Crippen molar-refractivity contribution in [3.63, 3.8) is 0 Å². The van der Waals surface area contributed by atoms with Gasteiger partial charge in [0.05, 0.1) is 11.3 Å². The largest absolute Gasteiger partial charge is 0.322 e. The Hall–Kier alpha value is -3.25. The summed E-state index contributed by atoms with van der Waals surface area (Å²) in [5.74, 6) is 0.149. The average Bonchev–Trinajstić information content (AvgIpc) is 3.30. The molecule has 0 fully saturated rings. The third kappa shape index (κ3) is 4.18. The Balaban J connectivity index is 1.60. The van der Waals surface area contributed by atoms with Crippen LogP contribution in [0.25, 0.3) is 0 Å². The Bertz CT molecular complexity index is 1320. The van der Waals surface area contributed by atoms with Crippen LogP contribution in [0.3, 0.4) is 0 Å². The highest BCUT2D eigenvalue weighted by molar-refractivity contribution is 7.16. The molecule has 3 aromatic rings. The Labute approximate surface area is 204 Å². The number of para-hydroxylation sites is 1. The fourth-order valence-corrected chi connectivity index (χ4v) is 6.12. The normalized spacial score (nSPS) is 18.4. The first-order valence-electron chi connectivity index (χ1n) is 11.7. The summed E-state index contributed by atoms with van der Waals surface area (Å²) in [5.41, 5.74) is 5.62. The number of thiophene rings is 1. The maximum absolute atomic E-state index is 13.5. The Morgan fingerprint density at radius 3 is 2.65 bits per heavy atom. The van der Waals surface area contributed by atoms with E-state index in [0.717, 1.165) is 47.3 Å². The fourth-order valence-electron chi connectivity index (χ4n) is 4.82. The summed E-state index contributed by atoms with van der Waals surface area (Å²) in [7, 11) is 0. The predicted octanol–water partition coefficient (Wildman–Crippen LogP) is 6.53. The molecule has 2 aromatic carbocycles. The van der Waals surface area contributed by atoms with E-state index >= 15 is 0 Å². The molecule has 1 aromatic heterocycles. The number of rotatable bonds is 3. The van der Waals surface area contributed by atoms with E-state index in [1.807, 2.05) is 55.5 Å². The molecule has 2 amide bonds. The van der Waals surface area contributed by atoms with E-state index in [9.17, 15) is 9.59 Å². The molecule has 174 valence electrons. The molecule has 0 saturated heterocycles. The van der Waals surface area contributed by atoms with Crippen LogP contribution >= 0.6 is 11.3 Å². The van der Waals surface area contributed by atoms with Gasteiger partial charge in [-0.05, 0) is 67.3 Å². The second-order valence-electron chi connectivity index (χ2n) is 10.3. The number of amides is 2. The lowest BCUT2D eigenvalue weighted by Crippen LogP contribution is -2.27. The Morgan fingerprint density at radius 2 is 1.91 bits per heavy atom. The summed E-state index contributed by atoms with van der Waals surface area (Å²) < 4.78 is 0. The van der Waals surface area contributed by atoms with Gasteiger partial charge in [-0.25, -0.2) is 4.99 Å². The van der Waals surface area contributed by atoms with Gasteiger partial charge in [-0.1, -0.05) is 50.6 Å². The molecule has 34 heavy (non-hydrogen) atoms. The van der Waals surface area contributed by atoms with Crippen LogP contribution in [0.15, 0.2) is 53.5 Å². The standard InChI is InChI=1S/C28H29N3O2S/c1-16-10-13-21-20(14-16)24(26(33)30-21)31-27-23(25(32)29-18-8-6-5-7-9-18)19-12-11-17(28(2,3)4)15-22(19)34-27/h5-10,13-14,17H,11-12,15H2,1-4H3,(H,29,32)(H,30,31,33)/t17-/m0/s1. The number of hydrogen-bond acceptors (Lipinski definition) is 4. The van der Waals surface area contributed by atoms with Crippen LogP contribution in [0.2, 0.25) is 0 Å². The lowest BCUT2D eigenvalue weighted by molar-refractivity contribution is -0.110. The molecule has 5 nitrogen and oxygen atoms in total. The maximum atomic E-state index is 13.5. The molecule has 0 radical (unpaired) electrons. The highest BCUT2D eigenvalue weighted by atomic mass is 32.1. The molecule has 0 bridgehead atoms. The minimum absolute atomic E-state index is 0.167. The monoisotopic (exact) mass is 471 g/mol. The first-order chi connectivity index (χ1) is 16.2. The van der Waals surface area contributed by atoms with Gasteiger partial charge in [0.15, 0.2) is 0 Å². The second kappa shape index (κ2) is 8.51. The van der Waals surface area contributed by atoms with Gasteiger partial charge in [0.25, 0.3) is 11.8 Å². The van der Waals surface area contributed by atoms with Crippen molar-refractivity contribution in [2.45, 2.75) is 47.0 Å². The van der Waals surface area contributed by atoms with Crippen molar-refractivity contribution in [3.05, 3.63) is 75.7 Å². The van der Waals surface area contributed by atoms with Gasteiger partial charge in [0, 0.05) is 16.1 Å². The van der Waals surface area contributed by atoms with Crippen molar-refractivity contribution in [1.82, 2.24) is 0 Å². The molecule has 1 atom stereocenters. The minimum Gasteiger partial charge on any atom is -0.322 e. The van der Waals surface area contributed by atoms with E-state index in [1.165, 1.54) is 4.88 Å². The van der Waals surface area contributed by atoms with Crippen LogP contribution < -0.4 is 10.6 Å². The molecule has 2 aliphatic rings. The number of carbonyl (C=O) groups excluding carboxylic acids is 2. The van der Waals surface area contributed by atoms with Crippen LogP contribution in [0.1, 0.15) is 59.1 Å². The molecule has 1 aliphatic heterocycles. The number of benzene rings is 2. The summed E-state index contributed by atoms with van der Waals surface area (Å²) in [4.78, 5) is 32.4. The number of nitrogens with one attached hydrogen (secondary N) is 2. The molecule has 6 heteroatoms. The van der Waals surface area contributed by atoms with Gasteiger partial charge in [-0.15, -0.1) is 11.3 Å². The van der Waals surface area contributed by atoms with Crippen molar-refractivity contribution in [3.8, 4) is 0 Å². The number of carbonyl (C=O) groups is 2. The van der Waals surface area contributed by atoms with Gasteiger partial charge in [-0.3, -0.25) is 9.59 Å². The van der Waals surface area contributed by atoms with Gasteiger partial charge in [0.2, 0.25) is 0 Å². The molecule has 1 aliphatic carbocycles. The SMILES string of the molecule is Cc1ccc2c(c1)C(=Nc1sc3c(c1C(=O)Nc1ccccc1)CC[C@H](C(C)(C)C)C3)C(=O)N2. The van der Waals surface area contributed by atoms with Gasteiger partial charge in [-0.2, -0.15) is 0 Å². The van der Waals surface area contributed by atoms with Gasteiger partial charge >= 0.3 is 0 Å². The zero-order valence-electron chi connectivity index (χ0n) is 20.0. The smallest absolute Gasteiger partial charge is 0.275 e. The number of aryl methyl sites for hydroxylation is 1. The summed E-state index contributed by atoms with van der Waals surface area (Å²) in [6.07, 6.45) is 2.82. The maximum Gasteiger partial charge on any atom is 0.275 e. The number of anilines is 2. The summed E-state index contributed by atoms with van der Waals surface area (Å²) in [5, 5.41) is 6.56.